The van der Waals surface area contributed by atoms with Gasteiger partial charge in [-0.1, -0.05) is 78.2 Å². The molecule has 3 heteroatoms. The lowest BCUT2D eigenvalue weighted by Crippen LogP contribution is -2.51. The second kappa shape index (κ2) is 7.64. The average Bonchev–Trinajstić information content (AvgIpc) is 2.82. The van der Waals surface area contributed by atoms with Crippen LogP contribution in [0.4, 0.5) is 0 Å². The van der Waals surface area contributed by atoms with Gasteiger partial charge < -0.3 is 5.32 Å². The summed E-state index contributed by atoms with van der Waals surface area (Å²) in [5.74, 6) is 1.30. The van der Waals surface area contributed by atoms with Gasteiger partial charge >= 0.3 is 0 Å². The molecule has 3 rings (SSSR count). The summed E-state index contributed by atoms with van der Waals surface area (Å²) in [4.78, 5) is 27.5. The van der Waals surface area contributed by atoms with Gasteiger partial charge in [0.25, 0.3) is 0 Å². The third kappa shape index (κ3) is 3.41. The fourth-order valence-electron chi connectivity index (χ4n) is 6.68. The van der Waals surface area contributed by atoms with E-state index in [1.54, 1.807) is 0 Å². The Balaban J connectivity index is 2.06. The number of fused-ring (bicyclic) bond motifs is 1. The van der Waals surface area contributed by atoms with Crippen LogP contribution in [-0.4, -0.2) is 17.7 Å². The molecule has 1 amide bonds. The zero-order chi connectivity index (χ0) is 22.6. The number of hydrogen-bond donors (Lipinski definition) is 1. The van der Waals surface area contributed by atoms with Gasteiger partial charge in [-0.3, -0.25) is 9.59 Å². The normalized spacial score (nSPS) is 38.2. The van der Waals surface area contributed by atoms with Gasteiger partial charge in [0.05, 0.1) is 11.5 Å². The number of hydrogen-bond acceptors (Lipinski definition) is 2. The van der Waals surface area contributed by atoms with E-state index in [0.717, 1.165) is 25.7 Å². The smallest absolute Gasteiger partial charge is 0.226 e. The van der Waals surface area contributed by atoms with Gasteiger partial charge in [-0.25, -0.2) is 0 Å². The maximum Gasteiger partial charge on any atom is 0.226 e. The van der Waals surface area contributed by atoms with E-state index in [4.69, 9.17) is 0 Å². The first-order chi connectivity index (χ1) is 13.8. The van der Waals surface area contributed by atoms with Gasteiger partial charge in [0.15, 0.2) is 5.78 Å². The highest BCUT2D eigenvalue weighted by Gasteiger charge is 2.61. The van der Waals surface area contributed by atoms with E-state index in [9.17, 15) is 9.59 Å². The molecule has 2 bridgehead atoms. The highest BCUT2D eigenvalue weighted by atomic mass is 16.2. The molecule has 0 saturated heterocycles. The Hall–Kier alpha value is -1.38. The van der Waals surface area contributed by atoms with Crippen molar-refractivity contribution in [2.24, 2.45) is 39.9 Å². The molecule has 5 unspecified atom stereocenters. The van der Waals surface area contributed by atoms with Crippen LogP contribution >= 0.6 is 0 Å². The first-order valence-electron chi connectivity index (χ1n) is 12.0. The molecular weight excluding hydrogens is 370 g/mol. The summed E-state index contributed by atoms with van der Waals surface area (Å²) in [5, 5.41) is 3.41. The molecule has 0 aromatic rings. The Morgan fingerprint density at radius 3 is 2.43 bits per heavy atom. The molecule has 3 aliphatic rings. The molecule has 1 saturated carbocycles. The molecular formula is C27H43NO2. The first-order valence-corrected chi connectivity index (χ1v) is 12.0. The molecule has 1 fully saturated rings. The van der Waals surface area contributed by atoms with Gasteiger partial charge in [-0.2, -0.15) is 0 Å². The van der Waals surface area contributed by atoms with Crippen molar-refractivity contribution in [3.05, 3.63) is 23.3 Å². The summed E-state index contributed by atoms with van der Waals surface area (Å²) in [5.41, 5.74) is 1.54. The van der Waals surface area contributed by atoms with Crippen molar-refractivity contribution >= 4 is 11.7 Å². The van der Waals surface area contributed by atoms with Crippen LogP contribution in [0.25, 0.3) is 0 Å². The van der Waals surface area contributed by atoms with Gasteiger partial charge in [0.2, 0.25) is 5.91 Å². The number of Topliss-reactive ketones (excluding diaryl/α,β-unsaturated/α-hetero) is 1. The van der Waals surface area contributed by atoms with E-state index in [2.05, 4.69) is 65.9 Å². The zero-order valence-electron chi connectivity index (χ0n) is 20.7. The van der Waals surface area contributed by atoms with Gasteiger partial charge in [0, 0.05) is 17.3 Å². The molecule has 1 spiro atoms. The van der Waals surface area contributed by atoms with Gasteiger partial charge in [-0.15, -0.1) is 0 Å². The third-order valence-electron chi connectivity index (χ3n) is 9.05. The number of carbonyl (C=O) groups is 2. The number of rotatable bonds is 4. The quantitative estimate of drug-likeness (QED) is 0.566. The van der Waals surface area contributed by atoms with Crippen LogP contribution in [0.15, 0.2) is 23.3 Å². The maximum absolute atomic E-state index is 14.2. The summed E-state index contributed by atoms with van der Waals surface area (Å²) in [6.45, 7) is 19.6. The molecule has 0 aromatic carbocycles. The largest absolute Gasteiger partial charge is 0.349 e. The van der Waals surface area contributed by atoms with Crippen LogP contribution < -0.4 is 5.32 Å². The molecule has 0 heterocycles. The molecule has 3 nitrogen and oxygen atoms in total. The Bertz CT molecular complexity index is 787. The second-order valence-electron chi connectivity index (χ2n) is 11.9. The molecule has 6 atom stereocenters. The molecule has 30 heavy (non-hydrogen) atoms. The van der Waals surface area contributed by atoms with Crippen LogP contribution in [0.5, 0.6) is 0 Å². The Morgan fingerprint density at radius 1 is 1.20 bits per heavy atom. The minimum Gasteiger partial charge on any atom is -0.349 e. The summed E-state index contributed by atoms with van der Waals surface area (Å²) in [7, 11) is 0. The van der Waals surface area contributed by atoms with Crippen molar-refractivity contribution in [3.8, 4) is 0 Å². The predicted molar refractivity (Wildman–Crippen MR) is 124 cm³/mol. The first kappa shape index (κ1) is 23.3. The predicted octanol–water partition coefficient (Wildman–Crippen LogP) is 6.10. The minimum atomic E-state index is -0.474. The average molecular weight is 414 g/mol. The van der Waals surface area contributed by atoms with Crippen LogP contribution in [0.2, 0.25) is 0 Å². The lowest BCUT2D eigenvalue weighted by molar-refractivity contribution is -0.137. The molecule has 0 aliphatic heterocycles. The Morgan fingerprint density at radius 2 is 1.83 bits per heavy atom. The summed E-state index contributed by atoms with van der Waals surface area (Å²) < 4.78 is 0. The van der Waals surface area contributed by atoms with Crippen molar-refractivity contribution in [2.45, 2.75) is 94.0 Å². The van der Waals surface area contributed by atoms with Crippen LogP contribution in [0.1, 0.15) is 88.0 Å². The molecule has 0 radical (unpaired) electrons. The van der Waals surface area contributed by atoms with E-state index < -0.39 is 10.8 Å². The lowest BCUT2D eigenvalue weighted by atomic mass is 9.62. The highest BCUT2D eigenvalue weighted by Crippen LogP contribution is 2.60. The van der Waals surface area contributed by atoms with Crippen molar-refractivity contribution < 1.29 is 9.59 Å². The van der Waals surface area contributed by atoms with Crippen molar-refractivity contribution in [2.75, 3.05) is 0 Å². The SMILES string of the molecule is CCCC(C)(C)C(=O)NC1C(C)=CC23C(=O)C(C=C(C)CC12)C(C)(C)C(C)C[C@H]3C. The van der Waals surface area contributed by atoms with E-state index >= 15 is 0 Å². The molecule has 168 valence electrons. The topological polar surface area (TPSA) is 46.2 Å². The summed E-state index contributed by atoms with van der Waals surface area (Å²) in [6, 6.07) is -0.0568. The number of carbonyl (C=O) groups excluding carboxylic acids is 2. The fourth-order valence-corrected chi connectivity index (χ4v) is 6.68. The standard InChI is InChI=1S/C27H43NO2/c1-10-11-25(6,7)24(30)28-22-17(3)15-27-19(5)14-18(4)26(8,9)21(23(27)29)13-16(2)12-20(22)27/h13,15,18-22H,10-12,14H2,1-9H3,(H,28,30)/t18?,19-,20?,21?,22?,27?/m1/s1. The number of amides is 1. The number of ketones is 1. The van der Waals surface area contributed by atoms with Crippen molar-refractivity contribution in [1.29, 1.82) is 0 Å². The summed E-state index contributed by atoms with van der Waals surface area (Å²) in [6.07, 6.45) is 8.32. The van der Waals surface area contributed by atoms with Crippen LogP contribution in [0, 0.1) is 39.9 Å². The minimum absolute atomic E-state index is 0.0568. The van der Waals surface area contributed by atoms with Gasteiger partial charge in [-0.05, 0) is 50.4 Å². The Kier molecular flexibility index (Phi) is 5.93. The zero-order valence-corrected chi connectivity index (χ0v) is 20.7. The van der Waals surface area contributed by atoms with E-state index in [1.807, 2.05) is 13.8 Å². The number of allylic oxidation sites excluding steroid dienone is 3. The molecule has 1 N–H and O–H groups in total. The second-order valence-corrected chi connectivity index (χ2v) is 11.9. The van der Waals surface area contributed by atoms with Crippen molar-refractivity contribution in [3.63, 3.8) is 0 Å². The molecule has 3 aliphatic carbocycles. The third-order valence-corrected chi connectivity index (χ3v) is 9.05. The lowest BCUT2D eigenvalue weighted by Gasteiger charge is -2.41. The van der Waals surface area contributed by atoms with Gasteiger partial charge in [0.1, 0.15) is 0 Å². The monoisotopic (exact) mass is 413 g/mol. The van der Waals surface area contributed by atoms with E-state index in [0.29, 0.717) is 11.7 Å². The van der Waals surface area contributed by atoms with E-state index in [1.165, 1.54) is 11.1 Å². The molecule has 0 aromatic heterocycles. The van der Waals surface area contributed by atoms with Crippen LogP contribution in [-0.2, 0) is 9.59 Å². The number of nitrogens with one attached hydrogen (secondary N) is 1. The highest BCUT2D eigenvalue weighted by molar-refractivity contribution is 5.94. The van der Waals surface area contributed by atoms with Crippen LogP contribution in [0.3, 0.4) is 0 Å². The fraction of sp³-hybridized carbons (Fsp3) is 0.778. The van der Waals surface area contributed by atoms with Crippen molar-refractivity contribution in [1.82, 2.24) is 5.32 Å². The van der Waals surface area contributed by atoms with E-state index in [-0.39, 0.29) is 35.1 Å². The maximum atomic E-state index is 14.2. The Labute approximate surface area is 184 Å². The summed E-state index contributed by atoms with van der Waals surface area (Å²) >= 11 is 0.